The second-order valence-electron chi connectivity index (χ2n) is 6.50. The zero-order valence-corrected chi connectivity index (χ0v) is 15.6. The maximum absolute atomic E-state index is 13.0. The van der Waals surface area contributed by atoms with Crippen molar-refractivity contribution < 1.29 is 9.63 Å². The predicted octanol–water partition coefficient (Wildman–Crippen LogP) is 2.96. The van der Waals surface area contributed by atoms with Crippen LogP contribution in [-0.2, 0) is 13.2 Å². The Hall–Kier alpha value is -3.93. The minimum absolute atomic E-state index is 0.00879. The molecule has 0 unspecified atom stereocenters. The lowest BCUT2D eigenvalue weighted by molar-refractivity contribution is 0.0896. The van der Waals surface area contributed by atoms with Gasteiger partial charge in [-0.2, -0.15) is 0 Å². The van der Waals surface area contributed by atoms with Crippen LogP contribution in [0.2, 0.25) is 0 Å². The first-order valence-corrected chi connectivity index (χ1v) is 9.22. The van der Waals surface area contributed by atoms with Gasteiger partial charge < -0.3 is 10.2 Å². The highest BCUT2D eigenvalue weighted by Crippen LogP contribution is 2.11. The van der Waals surface area contributed by atoms with Gasteiger partial charge in [0, 0.05) is 18.1 Å². The number of hydrogen-bond acceptors (Lipinski definition) is 4. The number of nitrogens with one attached hydrogen (secondary N) is 1. The van der Waals surface area contributed by atoms with E-state index in [4.69, 9.17) is 4.84 Å². The topological polar surface area (TPSA) is 73.2 Å². The lowest BCUT2D eigenvalue weighted by Gasteiger charge is -2.13. The average molecular weight is 385 g/mol. The zero-order chi connectivity index (χ0) is 20.1. The molecule has 0 aliphatic rings. The van der Waals surface area contributed by atoms with Crippen LogP contribution in [0.4, 0.5) is 0 Å². The molecule has 2 aromatic carbocycles. The van der Waals surface area contributed by atoms with E-state index < -0.39 is 11.5 Å². The number of pyridine rings is 2. The largest absolute Gasteiger partial charge is 0.404 e. The first kappa shape index (κ1) is 18.4. The van der Waals surface area contributed by atoms with E-state index in [1.165, 1.54) is 0 Å². The molecule has 0 bridgehead atoms. The summed E-state index contributed by atoms with van der Waals surface area (Å²) in [6.45, 7) is 0.510. The van der Waals surface area contributed by atoms with Gasteiger partial charge in [0.15, 0.2) is 5.65 Å². The van der Waals surface area contributed by atoms with Crippen LogP contribution in [0.1, 0.15) is 21.5 Å². The Morgan fingerprint density at radius 1 is 0.931 bits per heavy atom. The zero-order valence-electron chi connectivity index (χ0n) is 15.6. The minimum Gasteiger partial charge on any atom is -0.404 e. The van der Waals surface area contributed by atoms with Crippen molar-refractivity contribution >= 4 is 16.9 Å². The molecule has 144 valence electrons. The average Bonchev–Trinajstić information content (AvgIpc) is 2.78. The molecule has 6 heteroatoms. The molecule has 29 heavy (non-hydrogen) atoms. The molecular weight excluding hydrogens is 366 g/mol. The number of benzene rings is 2. The minimum atomic E-state index is -0.544. The quantitative estimate of drug-likeness (QED) is 0.554. The van der Waals surface area contributed by atoms with Gasteiger partial charge in [-0.05, 0) is 29.3 Å². The molecule has 1 N–H and O–H groups in total. The lowest BCUT2D eigenvalue weighted by Crippen LogP contribution is -2.35. The fourth-order valence-electron chi connectivity index (χ4n) is 2.98. The van der Waals surface area contributed by atoms with E-state index in [1.54, 1.807) is 24.4 Å². The number of nitrogens with zero attached hydrogens (tertiary/aromatic N) is 2. The van der Waals surface area contributed by atoms with Gasteiger partial charge in [0.2, 0.25) is 0 Å². The van der Waals surface area contributed by atoms with Gasteiger partial charge >= 0.3 is 0 Å². The van der Waals surface area contributed by atoms with Crippen LogP contribution in [0.3, 0.4) is 0 Å². The van der Waals surface area contributed by atoms with Gasteiger partial charge in [-0.1, -0.05) is 60.7 Å². The summed E-state index contributed by atoms with van der Waals surface area (Å²) in [5, 5.41) is 3.44. The van der Waals surface area contributed by atoms with E-state index in [9.17, 15) is 9.59 Å². The van der Waals surface area contributed by atoms with E-state index in [1.807, 2.05) is 60.7 Å². The SMILES string of the molecule is O=C(NCc1ccccc1)c1cc2cccnc2n(OCc2ccccc2)c1=O. The van der Waals surface area contributed by atoms with Gasteiger partial charge in [-0.3, -0.25) is 9.59 Å². The molecule has 0 aliphatic heterocycles. The van der Waals surface area contributed by atoms with Crippen molar-refractivity contribution in [3.63, 3.8) is 0 Å². The molecule has 6 nitrogen and oxygen atoms in total. The third kappa shape index (κ3) is 4.16. The molecule has 2 heterocycles. The van der Waals surface area contributed by atoms with Crippen molar-refractivity contribution in [2.45, 2.75) is 13.2 Å². The summed E-state index contributed by atoms with van der Waals surface area (Å²) in [4.78, 5) is 35.7. The molecule has 0 aliphatic carbocycles. The Bertz CT molecular complexity index is 1190. The van der Waals surface area contributed by atoms with Crippen LogP contribution in [0.5, 0.6) is 0 Å². The summed E-state index contributed by atoms with van der Waals surface area (Å²) in [5.74, 6) is -0.457. The number of aromatic nitrogens is 2. The van der Waals surface area contributed by atoms with Crippen LogP contribution in [0.25, 0.3) is 11.0 Å². The fraction of sp³-hybridized carbons (Fsp3) is 0.0870. The van der Waals surface area contributed by atoms with Crippen molar-refractivity contribution in [2.75, 3.05) is 0 Å². The summed E-state index contributed by atoms with van der Waals surface area (Å²) in [6, 6.07) is 24.1. The molecule has 4 rings (SSSR count). The molecule has 0 atom stereocenters. The van der Waals surface area contributed by atoms with E-state index in [0.717, 1.165) is 15.9 Å². The van der Waals surface area contributed by atoms with Crippen molar-refractivity contribution in [1.82, 2.24) is 15.0 Å². The summed E-state index contributed by atoms with van der Waals surface area (Å²) < 4.78 is 1.10. The molecule has 0 radical (unpaired) electrons. The number of amides is 1. The third-order valence-electron chi connectivity index (χ3n) is 4.47. The molecule has 0 spiro atoms. The van der Waals surface area contributed by atoms with Crippen molar-refractivity contribution in [3.8, 4) is 0 Å². The molecule has 2 aromatic heterocycles. The lowest BCUT2D eigenvalue weighted by atomic mass is 10.2. The molecular formula is C23H19N3O3. The second kappa shape index (κ2) is 8.39. The molecule has 0 saturated heterocycles. The third-order valence-corrected chi connectivity index (χ3v) is 4.47. The van der Waals surface area contributed by atoms with E-state index in [2.05, 4.69) is 10.3 Å². The van der Waals surface area contributed by atoms with Crippen LogP contribution in [0.15, 0.2) is 89.9 Å². The van der Waals surface area contributed by atoms with E-state index >= 15 is 0 Å². The number of carbonyl (C=O) groups excluding carboxylic acids is 1. The van der Waals surface area contributed by atoms with Crippen molar-refractivity contribution in [3.05, 3.63) is 112 Å². The van der Waals surface area contributed by atoms with Gasteiger partial charge in [0.1, 0.15) is 12.2 Å². The Labute approximate surface area is 167 Å². The summed E-state index contributed by atoms with van der Waals surface area (Å²) in [7, 11) is 0. The van der Waals surface area contributed by atoms with Gasteiger partial charge in [-0.15, -0.1) is 4.73 Å². The standard InChI is InChI=1S/C23H19N3O3/c27-22(25-15-17-8-3-1-4-9-17)20-14-19-12-7-13-24-21(19)26(23(20)28)29-16-18-10-5-2-6-11-18/h1-14H,15-16H2,(H,25,27). The monoisotopic (exact) mass is 385 g/mol. The number of hydrogen-bond donors (Lipinski definition) is 1. The van der Waals surface area contributed by atoms with Crippen LogP contribution < -0.4 is 15.7 Å². The number of rotatable bonds is 6. The predicted molar refractivity (Wildman–Crippen MR) is 110 cm³/mol. The van der Waals surface area contributed by atoms with Crippen molar-refractivity contribution in [1.29, 1.82) is 0 Å². The van der Waals surface area contributed by atoms with Gasteiger partial charge in [-0.25, -0.2) is 4.98 Å². The van der Waals surface area contributed by atoms with Crippen LogP contribution in [0, 0.1) is 0 Å². The Balaban J connectivity index is 1.64. The highest BCUT2D eigenvalue weighted by atomic mass is 16.7. The van der Waals surface area contributed by atoms with E-state index in [0.29, 0.717) is 17.6 Å². The Morgan fingerprint density at radius 3 is 2.34 bits per heavy atom. The normalized spacial score (nSPS) is 10.6. The van der Waals surface area contributed by atoms with E-state index in [-0.39, 0.29) is 12.2 Å². The molecule has 0 saturated carbocycles. The summed E-state index contributed by atoms with van der Waals surface area (Å²) in [5.41, 5.74) is 1.69. The van der Waals surface area contributed by atoms with Crippen molar-refractivity contribution in [2.24, 2.45) is 0 Å². The van der Waals surface area contributed by atoms with Crippen LogP contribution >= 0.6 is 0 Å². The maximum atomic E-state index is 13.0. The van der Waals surface area contributed by atoms with Gasteiger partial charge in [0.05, 0.1) is 0 Å². The summed E-state index contributed by atoms with van der Waals surface area (Å²) >= 11 is 0. The highest BCUT2D eigenvalue weighted by molar-refractivity contribution is 5.96. The number of fused-ring (bicyclic) bond motifs is 1. The highest BCUT2D eigenvalue weighted by Gasteiger charge is 2.17. The first-order valence-electron chi connectivity index (χ1n) is 9.22. The van der Waals surface area contributed by atoms with Gasteiger partial charge in [0.25, 0.3) is 11.5 Å². The maximum Gasteiger partial charge on any atom is 0.297 e. The Morgan fingerprint density at radius 2 is 1.62 bits per heavy atom. The molecule has 4 aromatic rings. The summed E-state index contributed by atoms with van der Waals surface area (Å²) in [6.07, 6.45) is 1.58. The first-order chi connectivity index (χ1) is 14.2. The molecule has 1 amide bonds. The number of carbonyl (C=O) groups is 1. The molecule has 0 fully saturated rings. The van der Waals surface area contributed by atoms with Crippen LogP contribution in [-0.4, -0.2) is 15.6 Å². The second-order valence-corrected chi connectivity index (χ2v) is 6.50. The smallest absolute Gasteiger partial charge is 0.297 e. The fourth-order valence-corrected chi connectivity index (χ4v) is 2.98. The Kier molecular flexibility index (Phi) is 5.33.